The quantitative estimate of drug-likeness (QED) is 0.430. The monoisotopic (exact) mass is 145 g/mol. The summed E-state index contributed by atoms with van der Waals surface area (Å²) in [5.74, 6) is 0. The van der Waals surface area contributed by atoms with Crippen molar-refractivity contribution in [2.24, 2.45) is 0 Å². The third kappa shape index (κ3) is 1.03. The van der Waals surface area contributed by atoms with E-state index in [4.69, 9.17) is 5.73 Å². The summed E-state index contributed by atoms with van der Waals surface area (Å²) in [6.45, 7) is 2.99. The van der Waals surface area contributed by atoms with Crippen molar-refractivity contribution in [3.05, 3.63) is 23.8 Å². The van der Waals surface area contributed by atoms with Gasteiger partial charge in [0.1, 0.15) is 0 Å². The van der Waals surface area contributed by atoms with Gasteiger partial charge in [-0.15, -0.1) is 0 Å². The standard InChI is InChI=1S/C9H12BN/c1-10-5-4-7-2-3-8(11)6-9(7)10/h2-3,6H,4-5,11H2,1H3. The van der Waals surface area contributed by atoms with E-state index >= 15 is 0 Å². The minimum atomic E-state index is 0.716. The molecule has 0 atom stereocenters. The molecule has 1 aliphatic heterocycles. The molecule has 11 heavy (non-hydrogen) atoms. The predicted molar refractivity (Wildman–Crippen MR) is 50.6 cm³/mol. The van der Waals surface area contributed by atoms with Crippen molar-refractivity contribution in [3.8, 4) is 0 Å². The Morgan fingerprint density at radius 3 is 3.09 bits per heavy atom. The molecule has 1 aromatic rings. The van der Waals surface area contributed by atoms with Gasteiger partial charge in [-0.2, -0.15) is 0 Å². The summed E-state index contributed by atoms with van der Waals surface area (Å²) in [5, 5.41) is 0. The van der Waals surface area contributed by atoms with Crippen LogP contribution in [0.4, 0.5) is 5.69 Å². The Balaban J connectivity index is 2.52. The predicted octanol–water partition coefficient (Wildman–Crippen LogP) is 1.16. The molecule has 0 spiro atoms. The van der Waals surface area contributed by atoms with Crippen molar-refractivity contribution >= 4 is 17.9 Å². The SMILES string of the molecule is CB1CCc2ccc(N)cc21. The molecule has 0 aromatic heterocycles. The Bertz CT molecular complexity index is 283. The fourth-order valence-electron chi connectivity index (χ4n) is 1.83. The van der Waals surface area contributed by atoms with Crippen molar-refractivity contribution < 1.29 is 0 Å². The van der Waals surface area contributed by atoms with Gasteiger partial charge in [0.2, 0.25) is 0 Å². The van der Waals surface area contributed by atoms with E-state index in [0.29, 0.717) is 6.71 Å². The second-order valence-corrected chi connectivity index (χ2v) is 3.40. The highest BCUT2D eigenvalue weighted by Gasteiger charge is 2.20. The molecule has 1 aliphatic rings. The summed E-state index contributed by atoms with van der Waals surface area (Å²) in [4.78, 5) is 0. The van der Waals surface area contributed by atoms with Crippen molar-refractivity contribution in [1.29, 1.82) is 0 Å². The Morgan fingerprint density at radius 1 is 1.45 bits per heavy atom. The molecule has 1 heterocycles. The largest absolute Gasteiger partial charge is 0.399 e. The molecule has 2 N–H and O–H groups in total. The molecule has 0 saturated heterocycles. The second-order valence-electron chi connectivity index (χ2n) is 3.40. The molecule has 0 aliphatic carbocycles. The number of hydrogen-bond acceptors (Lipinski definition) is 1. The van der Waals surface area contributed by atoms with Crippen LogP contribution in [0.5, 0.6) is 0 Å². The van der Waals surface area contributed by atoms with Crippen molar-refractivity contribution in [3.63, 3.8) is 0 Å². The first-order valence-electron chi connectivity index (χ1n) is 4.15. The molecule has 0 saturated carbocycles. The van der Waals surface area contributed by atoms with E-state index in [1.54, 1.807) is 0 Å². The van der Waals surface area contributed by atoms with Crippen LogP contribution in [-0.2, 0) is 6.42 Å². The van der Waals surface area contributed by atoms with Gasteiger partial charge in [0.05, 0.1) is 0 Å². The highest BCUT2D eigenvalue weighted by Crippen LogP contribution is 2.15. The highest BCUT2D eigenvalue weighted by atomic mass is 14.5. The van der Waals surface area contributed by atoms with E-state index in [-0.39, 0.29) is 0 Å². The summed E-state index contributed by atoms with van der Waals surface area (Å²) in [6, 6.07) is 6.28. The lowest BCUT2D eigenvalue weighted by atomic mass is 9.48. The summed E-state index contributed by atoms with van der Waals surface area (Å²) < 4.78 is 0. The van der Waals surface area contributed by atoms with E-state index < -0.39 is 0 Å². The number of nitrogens with two attached hydrogens (primary N) is 1. The molecule has 0 fully saturated rings. The fourth-order valence-corrected chi connectivity index (χ4v) is 1.83. The van der Waals surface area contributed by atoms with E-state index in [9.17, 15) is 0 Å². The number of aryl methyl sites for hydroxylation is 1. The van der Waals surface area contributed by atoms with Crippen LogP contribution in [0.3, 0.4) is 0 Å². The van der Waals surface area contributed by atoms with Gasteiger partial charge < -0.3 is 5.73 Å². The highest BCUT2D eigenvalue weighted by molar-refractivity contribution is 6.73. The maximum atomic E-state index is 5.69. The molecule has 0 radical (unpaired) electrons. The number of anilines is 1. The van der Waals surface area contributed by atoms with Gasteiger partial charge in [0.15, 0.2) is 6.71 Å². The van der Waals surface area contributed by atoms with Crippen LogP contribution in [0.15, 0.2) is 18.2 Å². The summed E-state index contributed by atoms with van der Waals surface area (Å²) in [6.07, 6.45) is 2.52. The van der Waals surface area contributed by atoms with Gasteiger partial charge >= 0.3 is 0 Å². The van der Waals surface area contributed by atoms with Crippen LogP contribution in [0.2, 0.25) is 13.1 Å². The van der Waals surface area contributed by atoms with E-state index in [1.165, 1.54) is 23.8 Å². The summed E-state index contributed by atoms with van der Waals surface area (Å²) in [7, 11) is 0. The first-order chi connectivity index (χ1) is 5.27. The molecule has 0 unspecified atom stereocenters. The van der Waals surface area contributed by atoms with Crippen molar-refractivity contribution in [2.75, 3.05) is 5.73 Å². The number of fused-ring (bicyclic) bond motifs is 1. The molecule has 0 amide bonds. The molecule has 2 rings (SSSR count). The second kappa shape index (κ2) is 2.30. The van der Waals surface area contributed by atoms with Gasteiger partial charge in [0.25, 0.3) is 0 Å². The Labute approximate surface area is 67.7 Å². The van der Waals surface area contributed by atoms with Crippen LogP contribution < -0.4 is 11.2 Å². The molecule has 1 nitrogen and oxygen atoms in total. The van der Waals surface area contributed by atoms with E-state index in [2.05, 4.69) is 19.0 Å². The minimum Gasteiger partial charge on any atom is -0.399 e. The van der Waals surface area contributed by atoms with Gasteiger partial charge in [-0.25, -0.2) is 0 Å². The van der Waals surface area contributed by atoms with Crippen LogP contribution in [-0.4, -0.2) is 6.71 Å². The number of nitrogen functional groups attached to an aromatic ring is 1. The fraction of sp³-hybridized carbons (Fsp3) is 0.333. The topological polar surface area (TPSA) is 26.0 Å². The van der Waals surface area contributed by atoms with E-state index in [1.807, 2.05) is 6.07 Å². The number of benzene rings is 1. The lowest BCUT2D eigenvalue weighted by Crippen LogP contribution is -2.22. The first-order valence-corrected chi connectivity index (χ1v) is 4.15. The maximum absolute atomic E-state index is 5.69. The maximum Gasteiger partial charge on any atom is 0.173 e. The van der Waals surface area contributed by atoms with Crippen LogP contribution in [0.25, 0.3) is 0 Å². The minimum absolute atomic E-state index is 0.716. The zero-order valence-electron chi connectivity index (χ0n) is 6.80. The van der Waals surface area contributed by atoms with Crippen LogP contribution in [0, 0.1) is 0 Å². The average Bonchev–Trinajstić information content (AvgIpc) is 2.33. The van der Waals surface area contributed by atoms with Gasteiger partial charge in [-0.1, -0.05) is 30.2 Å². The Morgan fingerprint density at radius 2 is 2.27 bits per heavy atom. The molecule has 2 heteroatoms. The molecular weight excluding hydrogens is 133 g/mol. The first kappa shape index (κ1) is 6.77. The Hall–Kier alpha value is -0.915. The molecular formula is C9H12BN. The van der Waals surface area contributed by atoms with Gasteiger partial charge in [0, 0.05) is 5.69 Å². The number of rotatable bonds is 0. The molecule has 0 bridgehead atoms. The normalized spacial score (nSPS) is 15.2. The van der Waals surface area contributed by atoms with Crippen molar-refractivity contribution in [1.82, 2.24) is 0 Å². The Kier molecular flexibility index (Phi) is 1.41. The third-order valence-electron chi connectivity index (χ3n) is 2.55. The smallest absolute Gasteiger partial charge is 0.173 e. The zero-order chi connectivity index (χ0) is 7.84. The molecule has 1 aromatic carbocycles. The summed E-state index contributed by atoms with van der Waals surface area (Å²) >= 11 is 0. The van der Waals surface area contributed by atoms with Crippen LogP contribution >= 0.6 is 0 Å². The van der Waals surface area contributed by atoms with Gasteiger partial charge in [-0.05, 0) is 18.6 Å². The third-order valence-corrected chi connectivity index (χ3v) is 2.55. The number of hydrogen-bond donors (Lipinski definition) is 1. The van der Waals surface area contributed by atoms with Gasteiger partial charge in [-0.3, -0.25) is 0 Å². The lowest BCUT2D eigenvalue weighted by Gasteiger charge is -2.02. The average molecular weight is 145 g/mol. The van der Waals surface area contributed by atoms with Crippen molar-refractivity contribution in [2.45, 2.75) is 19.6 Å². The molecule has 56 valence electrons. The zero-order valence-corrected chi connectivity index (χ0v) is 6.80. The lowest BCUT2D eigenvalue weighted by molar-refractivity contribution is 1.17. The van der Waals surface area contributed by atoms with Crippen LogP contribution in [0.1, 0.15) is 5.56 Å². The van der Waals surface area contributed by atoms with E-state index in [0.717, 1.165) is 5.69 Å². The summed E-state index contributed by atoms with van der Waals surface area (Å²) in [5.41, 5.74) is 9.55.